The lowest BCUT2D eigenvalue weighted by Gasteiger charge is -2.13. The van der Waals surface area contributed by atoms with Crippen LogP contribution in [0, 0.1) is 12.8 Å². The second kappa shape index (κ2) is 3.77. The van der Waals surface area contributed by atoms with E-state index in [0.29, 0.717) is 0 Å². The summed E-state index contributed by atoms with van der Waals surface area (Å²) in [5.41, 5.74) is 1.69. The number of hydrogen-bond donors (Lipinski definition) is 1. The molecule has 78 valence electrons. The summed E-state index contributed by atoms with van der Waals surface area (Å²) in [4.78, 5) is 10.8. The Bertz CT molecular complexity index is 346. The van der Waals surface area contributed by atoms with E-state index in [1.54, 1.807) is 18.7 Å². The van der Waals surface area contributed by atoms with E-state index in [-0.39, 0.29) is 5.92 Å². The van der Waals surface area contributed by atoms with E-state index in [1.165, 1.54) is 0 Å². The van der Waals surface area contributed by atoms with E-state index < -0.39 is 11.9 Å². The Kier molecular flexibility index (Phi) is 2.88. The molecule has 1 N–H and O–H groups in total. The molecule has 5 heteroatoms. The molecule has 0 aromatic carbocycles. The minimum Gasteiger partial charge on any atom is -0.481 e. The molecule has 5 nitrogen and oxygen atoms in total. The van der Waals surface area contributed by atoms with E-state index >= 15 is 0 Å². The van der Waals surface area contributed by atoms with Crippen molar-refractivity contribution >= 4 is 5.97 Å². The third kappa shape index (κ3) is 1.76. The predicted octanol–water partition coefficient (Wildman–Crippen LogP) is 0.948. The third-order valence-electron chi connectivity index (χ3n) is 2.71. The maximum Gasteiger partial charge on any atom is 0.306 e. The van der Waals surface area contributed by atoms with Crippen molar-refractivity contribution in [2.24, 2.45) is 13.0 Å². The van der Waals surface area contributed by atoms with Gasteiger partial charge in [-0.1, -0.05) is 19.1 Å². The Morgan fingerprint density at radius 2 is 2.07 bits per heavy atom. The van der Waals surface area contributed by atoms with E-state index in [2.05, 4.69) is 10.3 Å². The smallest absolute Gasteiger partial charge is 0.306 e. The maximum absolute atomic E-state index is 10.8. The molecule has 0 saturated heterocycles. The van der Waals surface area contributed by atoms with Gasteiger partial charge in [0.2, 0.25) is 0 Å². The highest BCUT2D eigenvalue weighted by Gasteiger charge is 2.25. The molecule has 1 aromatic heterocycles. The molecule has 0 spiro atoms. The Hall–Kier alpha value is -1.39. The summed E-state index contributed by atoms with van der Waals surface area (Å²) >= 11 is 0. The van der Waals surface area contributed by atoms with Gasteiger partial charge in [0, 0.05) is 13.0 Å². The molecule has 1 rings (SSSR count). The van der Waals surface area contributed by atoms with Crippen molar-refractivity contribution in [3.8, 4) is 0 Å². The number of aromatic nitrogens is 3. The molecule has 0 aliphatic heterocycles. The van der Waals surface area contributed by atoms with E-state index in [9.17, 15) is 4.79 Å². The minimum atomic E-state index is -0.803. The molecule has 0 saturated carbocycles. The Labute approximate surface area is 82.7 Å². The van der Waals surface area contributed by atoms with E-state index in [0.717, 1.165) is 11.4 Å². The fourth-order valence-electron chi connectivity index (χ4n) is 1.29. The summed E-state index contributed by atoms with van der Waals surface area (Å²) in [6.07, 6.45) is 0. The number of aliphatic carboxylic acids is 1. The zero-order valence-electron chi connectivity index (χ0n) is 8.85. The molecule has 0 bridgehead atoms. The summed E-state index contributed by atoms with van der Waals surface area (Å²) in [5, 5.41) is 16.7. The number of carboxylic acid groups (broad SMARTS) is 1. The SMILES string of the molecule is Cc1c(C(C)C(C)C(=O)O)nnn1C. The van der Waals surface area contributed by atoms with Crippen molar-refractivity contribution in [3.05, 3.63) is 11.4 Å². The largest absolute Gasteiger partial charge is 0.481 e. The summed E-state index contributed by atoms with van der Waals surface area (Å²) in [5.74, 6) is -1.35. The zero-order chi connectivity index (χ0) is 10.9. The van der Waals surface area contributed by atoms with Crippen molar-refractivity contribution in [2.75, 3.05) is 0 Å². The lowest BCUT2D eigenvalue weighted by atomic mass is 9.92. The van der Waals surface area contributed by atoms with Gasteiger partial charge in [-0.2, -0.15) is 0 Å². The standard InChI is InChI=1S/C9H15N3O2/c1-5(6(2)9(13)14)8-7(3)12(4)11-10-8/h5-6H,1-4H3,(H,13,14). The van der Waals surface area contributed by atoms with Gasteiger partial charge in [0.25, 0.3) is 0 Å². The van der Waals surface area contributed by atoms with Gasteiger partial charge in [-0.15, -0.1) is 5.10 Å². The van der Waals surface area contributed by atoms with Crippen LogP contribution in [0.2, 0.25) is 0 Å². The second-order valence-electron chi connectivity index (χ2n) is 3.60. The van der Waals surface area contributed by atoms with Crippen LogP contribution in [0.5, 0.6) is 0 Å². The van der Waals surface area contributed by atoms with Crippen LogP contribution in [0.15, 0.2) is 0 Å². The average molecular weight is 197 g/mol. The van der Waals surface area contributed by atoms with Gasteiger partial charge in [0.05, 0.1) is 17.3 Å². The maximum atomic E-state index is 10.8. The zero-order valence-corrected chi connectivity index (χ0v) is 8.85. The summed E-state index contributed by atoms with van der Waals surface area (Å²) in [6.45, 7) is 5.43. The van der Waals surface area contributed by atoms with Gasteiger partial charge < -0.3 is 5.11 Å². The predicted molar refractivity (Wildman–Crippen MR) is 51.0 cm³/mol. The summed E-state index contributed by atoms with van der Waals surface area (Å²) < 4.78 is 1.65. The van der Waals surface area contributed by atoms with Crippen molar-refractivity contribution in [2.45, 2.75) is 26.7 Å². The number of rotatable bonds is 3. The number of carbonyl (C=O) groups is 1. The van der Waals surface area contributed by atoms with Crippen molar-refractivity contribution < 1.29 is 9.90 Å². The molecule has 0 amide bonds. The van der Waals surface area contributed by atoms with E-state index in [1.807, 2.05) is 13.8 Å². The van der Waals surface area contributed by atoms with Gasteiger partial charge in [-0.3, -0.25) is 9.48 Å². The Morgan fingerprint density at radius 1 is 1.50 bits per heavy atom. The fraction of sp³-hybridized carbons (Fsp3) is 0.667. The monoisotopic (exact) mass is 197 g/mol. The van der Waals surface area contributed by atoms with Crippen LogP contribution < -0.4 is 0 Å². The first-order chi connectivity index (χ1) is 6.45. The fourth-order valence-corrected chi connectivity index (χ4v) is 1.29. The molecular weight excluding hydrogens is 182 g/mol. The molecule has 0 fully saturated rings. The van der Waals surface area contributed by atoms with Crippen LogP contribution in [-0.4, -0.2) is 26.1 Å². The van der Waals surface area contributed by atoms with E-state index in [4.69, 9.17) is 5.11 Å². The van der Waals surface area contributed by atoms with Crippen LogP contribution >= 0.6 is 0 Å². The third-order valence-corrected chi connectivity index (χ3v) is 2.71. The molecule has 0 radical (unpaired) electrons. The highest BCUT2D eigenvalue weighted by atomic mass is 16.4. The van der Waals surface area contributed by atoms with Crippen LogP contribution in [-0.2, 0) is 11.8 Å². The van der Waals surface area contributed by atoms with Gasteiger partial charge in [-0.05, 0) is 6.92 Å². The molecule has 0 aliphatic rings. The molecule has 2 unspecified atom stereocenters. The Morgan fingerprint density at radius 3 is 2.43 bits per heavy atom. The van der Waals surface area contributed by atoms with Crippen molar-refractivity contribution in [3.63, 3.8) is 0 Å². The first kappa shape index (κ1) is 10.7. The van der Waals surface area contributed by atoms with Gasteiger partial charge >= 0.3 is 5.97 Å². The number of carboxylic acids is 1. The van der Waals surface area contributed by atoms with Gasteiger partial charge in [-0.25, -0.2) is 0 Å². The molecular formula is C9H15N3O2. The average Bonchev–Trinajstić information content (AvgIpc) is 2.45. The Balaban J connectivity index is 2.94. The molecule has 1 heterocycles. The van der Waals surface area contributed by atoms with Gasteiger partial charge in [0.1, 0.15) is 0 Å². The minimum absolute atomic E-state index is 0.110. The normalized spacial score (nSPS) is 15.1. The number of nitrogens with zero attached hydrogens (tertiary/aromatic N) is 3. The van der Waals surface area contributed by atoms with Crippen LogP contribution in [0.25, 0.3) is 0 Å². The topological polar surface area (TPSA) is 68.0 Å². The number of aryl methyl sites for hydroxylation is 1. The highest BCUT2D eigenvalue weighted by molar-refractivity contribution is 5.70. The van der Waals surface area contributed by atoms with Crippen molar-refractivity contribution in [1.29, 1.82) is 0 Å². The first-order valence-corrected chi connectivity index (χ1v) is 4.54. The van der Waals surface area contributed by atoms with Crippen LogP contribution in [0.1, 0.15) is 31.2 Å². The second-order valence-corrected chi connectivity index (χ2v) is 3.60. The molecule has 1 aromatic rings. The lowest BCUT2D eigenvalue weighted by molar-refractivity contribution is -0.141. The summed E-state index contributed by atoms with van der Waals surface area (Å²) in [6, 6.07) is 0. The quantitative estimate of drug-likeness (QED) is 0.783. The summed E-state index contributed by atoms with van der Waals surface area (Å²) in [7, 11) is 1.80. The van der Waals surface area contributed by atoms with Crippen LogP contribution in [0.4, 0.5) is 0 Å². The lowest BCUT2D eigenvalue weighted by Crippen LogP contribution is -2.17. The number of hydrogen-bond acceptors (Lipinski definition) is 3. The van der Waals surface area contributed by atoms with Crippen molar-refractivity contribution in [1.82, 2.24) is 15.0 Å². The molecule has 0 aliphatic carbocycles. The van der Waals surface area contributed by atoms with Gasteiger partial charge in [0.15, 0.2) is 0 Å². The van der Waals surface area contributed by atoms with Crippen LogP contribution in [0.3, 0.4) is 0 Å². The molecule has 14 heavy (non-hydrogen) atoms. The molecule has 2 atom stereocenters. The highest BCUT2D eigenvalue weighted by Crippen LogP contribution is 2.24. The first-order valence-electron chi connectivity index (χ1n) is 4.54.